The van der Waals surface area contributed by atoms with Gasteiger partial charge in [-0.1, -0.05) is 320 Å². The van der Waals surface area contributed by atoms with Gasteiger partial charge in [-0.2, -0.15) is 0 Å². The minimum Gasteiger partial charge on any atom is -1.00 e. The number of hydrogen-bond acceptors (Lipinski definition) is 4. The standard InChI is InChI=1S/C20H30Si2.C19H20Br2N.C16H16Br2N.C15H13Br2NO.C13H16Br2O2.C10H10Br4.C10H14.C9H10O2.3C3H4.2BrH.6H2/c1-15-16(2)20(12-14-22(8,9)10)18(4)17(3)19(15)11-13-21(5,6)7;1-3-14-16(10-20)17(11-21)15(4-2)19-13-22(12-18(14)19)8-6-5-7-9-22;1-3-5-19(6-4-2)11-15-7-13(9-17)14(10-18)8-16(15)12-19;1-3-5-18(6-4-2)15(19)14-8-12(10-16)7-13(9-14)11-17;1-13(2,3)17-12(16)11-5-9(7-14)4-10(6-11)8-15;11-3-7-1-8(4-12)10(6-14)2-9(7)5-13;1-7-5-9(3)10(4)6-8(7)2;1-6-3-7(2)5-8(4-6)9(10)11;3*1-3-2;;;;;;;;/h1-10H3;1-2H,5-13H2;1-2,7-8H,5-6,9-12H2;1-2,7-9H,5-6,10-11H2;4-6H,7-8H2,1-3H3;1-2H,3-6H2;5-6H,1-4H3;3-5H,1-2H3,(H,10,11);3*1H,2H3;8*1H/q;2*+1;;;;;;;;;;;;;;;;/p-2/i;;;;;;;;;;;;;6*1+2T. The third-order valence-corrected chi connectivity index (χ3v) is 31.9. The molecule has 0 aliphatic carbocycles. The number of aromatic carboxylic acids is 1. The average molecular weight is 2930 g/mol. The number of fused-ring (bicyclic) bond motifs is 2. The van der Waals surface area contributed by atoms with Crippen molar-refractivity contribution in [1.29, 1.82) is 0 Å². The van der Waals surface area contributed by atoms with Gasteiger partial charge in [0, 0.05) is 132 Å². The topological polar surface area (TPSA) is 83.9 Å². The van der Waals surface area contributed by atoms with Crippen LogP contribution < -0.4 is 34.0 Å². The number of benzene rings is 8. The fourth-order valence-corrected chi connectivity index (χ4v) is 22.3. The molecule has 11 rings (SSSR count). The molecule has 3 heterocycles. The van der Waals surface area contributed by atoms with Gasteiger partial charge in [-0.05, 0) is 302 Å². The fraction of sp³-hybridized carbons (Fsp3) is 0.397. The van der Waals surface area contributed by atoms with Crippen molar-refractivity contribution in [3.8, 4) is 134 Å². The zero-order valence-corrected chi connectivity index (χ0v) is 112. The van der Waals surface area contributed by atoms with Crippen molar-refractivity contribution < 1.29 is 85.0 Å². The summed E-state index contributed by atoms with van der Waals surface area (Å²) in [6.07, 6.45) is 51.1. The number of carboxylic acid groups (broad SMARTS) is 1. The van der Waals surface area contributed by atoms with E-state index in [1.54, 1.807) is 32.9 Å². The van der Waals surface area contributed by atoms with E-state index >= 15 is 0 Å². The van der Waals surface area contributed by atoms with Crippen molar-refractivity contribution in [3.05, 3.63) is 275 Å². The summed E-state index contributed by atoms with van der Waals surface area (Å²) in [5.74, 6) is 28.8. The Kier molecular flexibility index (Phi) is 65.2. The maximum atomic E-state index is 12.4. The van der Waals surface area contributed by atoms with Gasteiger partial charge in [0.25, 0.3) is 5.91 Å². The van der Waals surface area contributed by atoms with Gasteiger partial charge in [-0.3, -0.25) is 9.28 Å². The largest absolute Gasteiger partial charge is 1.00 e. The number of hydrogen-bond donors (Lipinski definition) is 1. The molecule has 0 atom stereocenters. The summed E-state index contributed by atoms with van der Waals surface area (Å²) >= 11 is 42.0. The highest BCUT2D eigenvalue weighted by atomic mass is 79.9. The van der Waals surface area contributed by atoms with Crippen LogP contribution in [0.2, 0.25) is 39.3 Å². The van der Waals surface area contributed by atoms with Gasteiger partial charge in [0.05, 0.1) is 37.3 Å². The number of carbonyl (C=O) groups excluding carboxylic acids is 2. The Morgan fingerprint density at radius 1 is 0.400 bits per heavy atom. The first kappa shape index (κ1) is 130. The summed E-state index contributed by atoms with van der Waals surface area (Å²) in [5, 5.41) is 18.4. The summed E-state index contributed by atoms with van der Waals surface area (Å²) < 4.78 is 67.3. The Morgan fingerprint density at radius 3 is 0.959 bits per heavy atom. The molecule has 8 aromatic carbocycles. The number of alkyl halides is 12. The van der Waals surface area contributed by atoms with Gasteiger partial charge in [-0.25, -0.2) is 9.59 Å². The molecule has 0 radical (unpaired) electrons. The Labute approximate surface area is 1020 Å². The van der Waals surface area contributed by atoms with Crippen molar-refractivity contribution in [3.63, 3.8) is 0 Å². The van der Waals surface area contributed by atoms with Crippen LogP contribution in [0.25, 0.3) is 0 Å². The highest BCUT2D eigenvalue weighted by Crippen LogP contribution is 2.42. The summed E-state index contributed by atoms with van der Waals surface area (Å²) in [6, 6.07) is 30.4. The number of rotatable bonds is 19. The molecule has 3 aliphatic rings. The van der Waals surface area contributed by atoms with E-state index in [0.29, 0.717) is 40.4 Å². The van der Waals surface area contributed by atoms with Crippen molar-refractivity contribution in [2.45, 2.75) is 265 Å². The molecule has 1 spiro atoms. The molecule has 1 amide bonds. The van der Waals surface area contributed by atoms with Crippen LogP contribution in [0.5, 0.6) is 0 Å². The van der Waals surface area contributed by atoms with E-state index in [1.807, 2.05) is 71.0 Å². The predicted octanol–water partition coefficient (Wildman–Crippen LogP) is 28.6. The second kappa shape index (κ2) is 72.8. The lowest BCUT2D eigenvalue weighted by atomic mass is 9.89. The lowest BCUT2D eigenvalue weighted by Crippen LogP contribution is -3.00. The monoisotopic (exact) mass is 2910 g/mol. The molecule has 0 saturated carbocycles. The zero-order valence-electron chi connectivity index (χ0n) is 100. The molecule has 8 nitrogen and oxygen atoms in total. The van der Waals surface area contributed by atoms with Crippen molar-refractivity contribution in [2.24, 2.45) is 0 Å². The number of amides is 1. The third-order valence-electron chi connectivity index (χ3n) is 22.8. The van der Waals surface area contributed by atoms with E-state index in [2.05, 4.69) is 424 Å². The first-order valence-corrected chi connectivity index (χ1v) is 66.9. The van der Waals surface area contributed by atoms with E-state index in [9.17, 15) is 14.4 Å². The molecule has 0 aromatic heterocycles. The van der Waals surface area contributed by atoms with Crippen LogP contribution in [0, 0.1) is 203 Å². The number of piperidine rings is 1. The van der Waals surface area contributed by atoms with Crippen LogP contribution in [0.3, 0.4) is 0 Å². The van der Waals surface area contributed by atoms with Crippen molar-refractivity contribution in [2.75, 3.05) is 39.3 Å². The van der Waals surface area contributed by atoms with Crippen LogP contribution in [0.1, 0.15) is 277 Å². The second-order valence-corrected chi connectivity index (χ2v) is 54.1. The molecule has 24 heteroatoms. The molecule has 145 heavy (non-hydrogen) atoms. The number of carboxylic acids is 1. The zero-order chi connectivity index (χ0) is 121. The van der Waals surface area contributed by atoms with Gasteiger partial charge in [0.1, 0.15) is 61.0 Å². The van der Waals surface area contributed by atoms with Gasteiger partial charge in [0.15, 0.2) is 0 Å². The highest BCUT2D eigenvalue weighted by Gasteiger charge is 2.42. The van der Waals surface area contributed by atoms with E-state index in [1.165, 1.54) is 160 Å². The smallest absolute Gasteiger partial charge is 0.338 e. The molecule has 1 fully saturated rings. The summed E-state index contributed by atoms with van der Waals surface area (Å²) in [4.78, 5) is 36.3. The average Bonchev–Trinajstić information content (AvgIpc) is 1.59. The molecule has 1 N–H and O–H groups in total. The summed E-state index contributed by atoms with van der Waals surface area (Å²) in [5.41, 5.74) is 45.7. The molecule has 788 valence electrons. The van der Waals surface area contributed by atoms with Gasteiger partial charge >= 0.3 is 11.9 Å². The molecule has 0 bridgehead atoms. The molecular weight excluding hydrogens is 2750 g/mol. The van der Waals surface area contributed by atoms with E-state index < -0.39 is 27.7 Å². The maximum absolute atomic E-state index is 12.4. The third kappa shape index (κ3) is 48.1. The van der Waals surface area contributed by atoms with Crippen LogP contribution in [-0.2, 0) is 94.9 Å². The lowest BCUT2D eigenvalue weighted by molar-refractivity contribution is -0.951. The predicted molar refractivity (Wildman–Crippen MR) is 675 cm³/mol. The van der Waals surface area contributed by atoms with Gasteiger partial charge in [0.2, 0.25) is 0 Å². The highest BCUT2D eigenvalue weighted by molar-refractivity contribution is 9.10. The number of halogens is 14. The Morgan fingerprint density at radius 2 is 0.703 bits per heavy atom. The normalized spacial score (nSPS) is 12.1. The maximum Gasteiger partial charge on any atom is 0.338 e. The lowest BCUT2D eigenvalue weighted by Gasteiger charge is -2.37. The Balaban J connectivity index is -0.000000264. The minimum atomic E-state index is -1.36. The Bertz CT molecular complexity index is 5850. The quantitative estimate of drug-likeness (QED) is 0.0287. The summed E-state index contributed by atoms with van der Waals surface area (Å²) in [7, 11) is -2.72. The van der Waals surface area contributed by atoms with E-state index in [4.69, 9.17) is 66.2 Å². The SMILES string of the molecule is BrCc1cc(CBr)c(CBr)cc1CBr.C#CC.C#CC.C#CC.C#CCN(CC#C)C(=O)c1cc(CBr)cc(CBr)c1.C#CC[N+]1(CC#C)Cc2cc(CBr)c(CBr)cc2C1.C#Cc1c(CBr)c(CBr)c(C#C)c2c1C[N+]1(CCCCC1)C2.CC(C)(C)OC(=O)c1cc(CBr)cc(CBr)c1.Cc1c(C)c(C#C[Si](C)(C)C)c(C)c(C)c1C#C[Si](C)(C)C.Cc1cc(C)c(C)cc1C.Cc1cc(C)cc(C(=O)O)c1.[3H][3H].[3H][3H].[3H][3H].[3H][3H].[3H][3H].[3H][3H].[Br-].[Br-]. The first-order chi connectivity index (χ1) is 73.4. The number of esters is 1. The molecular formula is C121H153Br14N3O5Si2. The fourth-order valence-electron chi connectivity index (χ4n) is 15.7. The number of nitrogens with zero attached hydrogens (tertiary/aromatic N) is 3. The first-order valence-electron chi connectivity index (χ1n) is 52.4. The molecule has 8 aromatic rings. The number of carbonyl (C=O) groups is 3. The number of terminal acetylenes is 9. The van der Waals surface area contributed by atoms with Crippen LogP contribution in [-0.4, -0.2) is 97.8 Å². The van der Waals surface area contributed by atoms with Crippen molar-refractivity contribution in [1.82, 2.24) is 4.90 Å². The van der Waals surface area contributed by atoms with Crippen LogP contribution >= 0.6 is 191 Å². The van der Waals surface area contributed by atoms with Crippen molar-refractivity contribution >= 4 is 225 Å². The number of quaternary nitrogens is 2. The van der Waals surface area contributed by atoms with Gasteiger partial charge in [-0.15, -0.1) is 86.7 Å². The number of aryl methyl sites for hydroxylation is 6. The molecule has 0 unspecified atom stereocenters. The summed E-state index contributed by atoms with van der Waals surface area (Å²) in [6.45, 7) is 53.8. The molecule has 3 aliphatic heterocycles. The second-order valence-electron chi connectivity index (χ2n) is 37.8. The van der Waals surface area contributed by atoms with Crippen LogP contribution in [0.15, 0.2) is 91.0 Å². The number of ether oxygens (including phenoxy) is 1. The molecule has 1 saturated heterocycles. The minimum absolute atomic E-state index is 0. The Hall–Kier alpha value is -5.60. The van der Waals surface area contributed by atoms with E-state index in [0.717, 1.165) is 133 Å². The van der Waals surface area contributed by atoms with E-state index in [-0.39, 0.29) is 58.9 Å². The van der Waals surface area contributed by atoms with Crippen LogP contribution in [0.4, 0.5) is 0 Å². The van der Waals surface area contributed by atoms with Gasteiger partial charge < -0.3 is 53.2 Å².